The van der Waals surface area contributed by atoms with Crippen LogP contribution >= 0.6 is 12.4 Å². The van der Waals surface area contributed by atoms with Gasteiger partial charge in [0, 0.05) is 12.5 Å². The van der Waals surface area contributed by atoms with E-state index in [2.05, 4.69) is 5.32 Å². The molecule has 136 valence electrons. The van der Waals surface area contributed by atoms with Gasteiger partial charge in [-0.3, -0.25) is 4.79 Å². The summed E-state index contributed by atoms with van der Waals surface area (Å²) in [4.78, 5) is 12.3. The van der Waals surface area contributed by atoms with Gasteiger partial charge in [0.15, 0.2) is 0 Å². The number of hydrogen-bond acceptors (Lipinski definition) is 3. The quantitative estimate of drug-likeness (QED) is 0.751. The number of rotatable bonds is 8. The highest BCUT2D eigenvalue weighted by Crippen LogP contribution is 2.38. The third-order valence-electron chi connectivity index (χ3n) is 4.77. The van der Waals surface area contributed by atoms with Crippen molar-refractivity contribution in [3.8, 4) is 0 Å². The van der Waals surface area contributed by atoms with Gasteiger partial charge in [-0.2, -0.15) is 0 Å². The van der Waals surface area contributed by atoms with Crippen LogP contribution in [-0.4, -0.2) is 25.1 Å². The molecule has 1 aliphatic carbocycles. The van der Waals surface area contributed by atoms with Crippen molar-refractivity contribution in [2.75, 3.05) is 13.2 Å². The third-order valence-corrected chi connectivity index (χ3v) is 4.77. The lowest BCUT2D eigenvalue weighted by Gasteiger charge is -2.36. The Balaban J connectivity index is 0.00000288. The zero-order valence-corrected chi connectivity index (χ0v) is 15.4. The normalized spacial score (nSPS) is 17.6. The highest BCUT2D eigenvalue weighted by Gasteiger charge is 2.33. The van der Waals surface area contributed by atoms with Crippen molar-refractivity contribution in [1.82, 2.24) is 5.32 Å². The molecule has 1 amide bonds. The molecular formula is C19H31ClN2O2. The number of ether oxygens (including phenoxy) is 1. The van der Waals surface area contributed by atoms with Crippen LogP contribution < -0.4 is 11.1 Å². The van der Waals surface area contributed by atoms with Gasteiger partial charge in [-0.25, -0.2) is 0 Å². The summed E-state index contributed by atoms with van der Waals surface area (Å²) in [5.41, 5.74) is 7.13. The van der Waals surface area contributed by atoms with E-state index in [0.29, 0.717) is 26.2 Å². The molecule has 1 saturated carbocycles. The summed E-state index contributed by atoms with van der Waals surface area (Å²) in [5, 5.41) is 3.05. The van der Waals surface area contributed by atoms with Gasteiger partial charge in [-0.15, -0.1) is 12.4 Å². The van der Waals surface area contributed by atoms with Gasteiger partial charge in [-0.05, 0) is 37.3 Å². The predicted molar refractivity (Wildman–Crippen MR) is 100 cm³/mol. The number of amides is 1. The molecule has 0 bridgehead atoms. The van der Waals surface area contributed by atoms with Crippen LogP contribution in [0.25, 0.3) is 0 Å². The number of nitrogens with two attached hydrogens (primary N) is 1. The number of benzene rings is 1. The zero-order chi connectivity index (χ0) is 16.5. The fourth-order valence-electron chi connectivity index (χ4n) is 3.39. The Morgan fingerprint density at radius 3 is 2.54 bits per heavy atom. The lowest BCUT2D eigenvalue weighted by molar-refractivity contribution is -0.125. The van der Waals surface area contributed by atoms with E-state index in [9.17, 15) is 4.79 Å². The largest absolute Gasteiger partial charge is 0.375 e. The van der Waals surface area contributed by atoms with E-state index in [0.717, 1.165) is 18.4 Å². The minimum atomic E-state index is 0. The van der Waals surface area contributed by atoms with E-state index in [1.807, 2.05) is 37.3 Å². The summed E-state index contributed by atoms with van der Waals surface area (Å²) < 4.78 is 5.68. The number of nitrogens with one attached hydrogen (secondary N) is 1. The topological polar surface area (TPSA) is 64.3 Å². The third kappa shape index (κ3) is 6.80. The molecule has 5 heteroatoms. The molecular weight excluding hydrogens is 324 g/mol. The Labute approximate surface area is 151 Å². The molecule has 0 saturated heterocycles. The summed E-state index contributed by atoms with van der Waals surface area (Å²) in [5.74, 6) is 0.105. The number of halogens is 1. The summed E-state index contributed by atoms with van der Waals surface area (Å²) in [6, 6.07) is 10.1. The van der Waals surface area contributed by atoms with Crippen LogP contribution in [0, 0.1) is 5.41 Å². The van der Waals surface area contributed by atoms with Crippen molar-refractivity contribution < 1.29 is 9.53 Å². The first-order valence-corrected chi connectivity index (χ1v) is 8.75. The molecule has 1 unspecified atom stereocenters. The molecule has 0 spiro atoms. The molecule has 4 nitrogen and oxygen atoms in total. The van der Waals surface area contributed by atoms with Crippen LogP contribution in [0.15, 0.2) is 30.3 Å². The molecule has 1 aromatic carbocycles. The maximum Gasteiger partial charge on any atom is 0.220 e. The van der Waals surface area contributed by atoms with Crippen LogP contribution in [0.2, 0.25) is 0 Å². The Bertz CT molecular complexity index is 476. The second-order valence-electron chi connectivity index (χ2n) is 6.91. The van der Waals surface area contributed by atoms with Crippen molar-refractivity contribution in [2.45, 2.75) is 58.1 Å². The van der Waals surface area contributed by atoms with E-state index in [4.69, 9.17) is 10.5 Å². The Hall–Kier alpha value is -1.10. The van der Waals surface area contributed by atoms with E-state index in [1.54, 1.807) is 0 Å². The van der Waals surface area contributed by atoms with Gasteiger partial charge >= 0.3 is 0 Å². The molecule has 0 aromatic heterocycles. The van der Waals surface area contributed by atoms with Gasteiger partial charge in [-0.1, -0.05) is 49.6 Å². The monoisotopic (exact) mass is 354 g/mol. The SMILES string of the molecule is CC(COCc1ccccc1)NC(=O)CC1(CN)CCCCC1.Cl. The zero-order valence-electron chi connectivity index (χ0n) is 14.6. The molecule has 0 radical (unpaired) electrons. The van der Waals surface area contributed by atoms with E-state index in [-0.39, 0.29) is 29.8 Å². The van der Waals surface area contributed by atoms with Crippen LogP contribution in [0.1, 0.15) is 51.0 Å². The first kappa shape index (κ1) is 20.9. The van der Waals surface area contributed by atoms with Gasteiger partial charge in [0.1, 0.15) is 0 Å². The second kappa shape index (κ2) is 10.7. The lowest BCUT2D eigenvalue weighted by atomic mass is 9.71. The van der Waals surface area contributed by atoms with Crippen molar-refractivity contribution >= 4 is 18.3 Å². The van der Waals surface area contributed by atoms with E-state index in [1.165, 1.54) is 19.3 Å². The molecule has 1 atom stereocenters. The smallest absolute Gasteiger partial charge is 0.220 e. The maximum absolute atomic E-state index is 12.3. The first-order chi connectivity index (χ1) is 11.1. The minimum absolute atomic E-state index is 0. The first-order valence-electron chi connectivity index (χ1n) is 8.75. The number of carbonyl (C=O) groups is 1. The van der Waals surface area contributed by atoms with Crippen LogP contribution in [0.3, 0.4) is 0 Å². The van der Waals surface area contributed by atoms with Gasteiger partial charge < -0.3 is 15.8 Å². The molecule has 1 aromatic rings. The summed E-state index contributed by atoms with van der Waals surface area (Å²) in [6.45, 7) is 3.70. The van der Waals surface area contributed by atoms with Crippen LogP contribution in [-0.2, 0) is 16.1 Å². The highest BCUT2D eigenvalue weighted by atomic mass is 35.5. The van der Waals surface area contributed by atoms with Crippen LogP contribution in [0.4, 0.5) is 0 Å². The molecule has 3 N–H and O–H groups in total. The van der Waals surface area contributed by atoms with Crippen LogP contribution in [0.5, 0.6) is 0 Å². The van der Waals surface area contributed by atoms with Gasteiger partial charge in [0.25, 0.3) is 0 Å². The van der Waals surface area contributed by atoms with Gasteiger partial charge in [0.05, 0.1) is 13.2 Å². The van der Waals surface area contributed by atoms with Gasteiger partial charge in [0.2, 0.25) is 5.91 Å². The number of carbonyl (C=O) groups excluding carboxylic acids is 1. The fourth-order valence-corrected chi connectivity index (χ4v) is 3.39. The van der Waals surface area contributed by atoms with Crippen molar-refractivity contribution in [1.29, 1.82) is 0 Å². The molecule has 1 fully saturated rings. The molecule has 2 rings (SSSR count). The standard InChI is InChI=1S/C19H30N2O2.ClH/c1-16(13-23-14-17-8-4-2-5-9-17)21-18(22)12-19(15-20)10-6-3-7-11-19;/h2,4-5,8-9,16H,3,6-7,10-15,20H2,1H3,(H,21,22);1H. The van der Waals surface area contributed by atoms with Crippen molar-refractivity contribution in [2.24, 2.45) is 11.1 Å². The average molecular weight is 355 g/mol. The fraction of sp³-hybridized carbons (Fsp3) is 0.632. The Morgan fingerprint density at radius 2 is 1.92 bits per heavy atom. The summed E-state index contributed by atoms with van der Waals surface area (Å²) in [6.07, 6.45) is 6.37. The minimum Gasteiger partial charge on any atom is -0.375 e. The Morgan fingerprint density at radius 1 is 1.25 bits per heavy atom. The molecule has 1 aliphatic rings. The number of hydrogen-bond donors (Lipinski definition) is 2. The summed E-state index contributed by atoms with van der Waals surface area (Å²) in [7, 11) is 0. The second-order valence-corrected chi connectivity index (χ2v) is 6.91. The predicted octanol–water partition coefficient (Wildman–Crippen LogP) is 3.43. The average Bonchev–Trinajstić information content (AvgIpc) is 2.56. The molecule has 0 aliphatic heterocycles. The van der Waals surface area contributed by atoms with E-state index >= 15 is 0 Å². The van der Waals surface area contributed by atoms with Crippen molar-refractivity contribution in [3.05, 3.63) is 35.9 Å². The highest BCUT2D eigenvalue weighted by molar-refractivity contribution is 5.85. The lowest BCUT2D eigenvalue weighted by Crippen LogP contribution is -2.42. The summed E-state index contributed by atoms with van der Waals surface area (Å²) >= 11 is 0. The Kier molecular flexibility index (Phi) is 9.34. The maximum atomic E-state index is 12.3. The van der Waals surface area contributed by atoms with E-state index < -0.39 is 0 Å². The molecule has 0 heterocycles. The molecule has 24 heavy (non-hydrogen) atoms. The van der Waals surface area contributed by atoms with Crippen molar-refractivity contribution in [3.63, 3.8) is 0 Å².